The Morgan fingerprint density at radius 3 is 2.16 bits per heavy atom. The van der Waals surface area contributed by atoms with Gasteiger partial charge in [0.1, 0.15) is 5.82 Å². The Hall–Kier alpha value is -2.95. The Morgan fingerprint density at radius 2 is 1.44 bits per heavy atom. The Labute approximate surface area is 146 Å². The molecule has 1 saturated heterocycles. The van der Waals surface area contributed by atoms with E-state index in [1.54, 1.807) is 18.3 Å². The summed E-state index contributed by atoms with van der Waals surface area (Å²) in [5.41, 5.74) is 4.15. The molecule has 1 aliphatic rings. The number of anilines is 2. The van der Waals surface area contributed by atoms with E-state index < -0.39 is 0 Å². The summed E-state index contributed by atoms with van der Waals surface area (Å²) in [4.78, 5) is 13.3. The first kappa shape index (κ1) is 15.6. The SMILES string of the molecule is Fc1ccc(-c2ncccc2N2CCN(c3ccncc3)CC2)cc1. The molecule has 0 saturated carbocycles. The van der Waals surface area contributed by atoms with Gasteiger partial charge in [0.2, 0.25) is 0 Å². The van der Waals surface area contributed by atoms with Gasteiger partial charge in [0.25, 0.3) is 0 Å². The summed E-state index contributed by atoms with van der Waals surface area (Å²) in [7, 11) is 0. The zero-order valence-corrected chi connectivity index (χ0v) is 13.8. The van der Waals surface area contributed by atoms with Crippen LogP contribution in [0, 0.1) is 5.82 Å². The smallest absolute Gasteiger partial charge is 0.123 e. The quantitative estimate of drug-likeness (QED) is 0.732. The fourth-order valence-corrected chi connectivity index (χ4v) is 3.24. The molecule has 4 nitrogen and oxygen atoms in total. The Kier molecular flexibility index (Phi) is 4.29. The van der Waals surface area contributed by atoms with Crippen molar-refractivity contribution in [3.8, 4) is 11.3 Å². The standard InChI is InChI=1S/C20H19FN4/c21-17-5-3-16(4-6-17)20-19(2-1-9-23-20)25-14-12-24(13-15-25)18-7-10-22-11-8-18/h1-11H,12-15H2. The summed E-state index contributed by atoms with van der Waals surface area (Å²) < 4.78 is 13.2. The van der Waals surface area contributed by atoms with Crippen molar-refractivity contribution in [2.24, 2.45) is 0 Å². The lowest BCUT2D eigenvalue weighted by atomic mass is 10.1. The average molecular weight is 334 g/mol. The molecule has 3 heterocycles. The summed E-state index contributed by atoms with van der Waals surface area (Å²) in [5, 5.41) is 0. The molecule has 0 unspecified atom stereocenters. The molecule has 5 heteroatoms. The van der Waals surface area contributed by atoms with Crippen LogP contribution in [-0.4, -0.2) is 36.1 Å². The van der Waals surface area contributed by atoms with E-state index in [1.165, 1.54) is 17.8 Å². The zero-order chi connectivity index (χ0) is 17.1. The molecular formula is C20H19FN4. The van der Waals surface area contributed by atoms with Gasteiger partial charge in [-0.05, 0) is 48.5 Å². The van der Waals surface area contributed by atoms with Gasteiger partial charge < -0.3 is 9.80 Å². The molecule has 0 aliphatic carbocycles. The van der Waals surface area contributed by atoms with Crippen LogP contribution in [0.15, 0.2) is 67.1 Å². The minimum absolute atomic E-state index is 0.229. The van der Waals surface area contributed by atoms with Gasteiger partial charge in [0, 0.05) is 56.0 Å². The Morgan fingerprint density at radius 1 is 0.760 bits per heavy atom. The van der Waals surface area contributed by atoms with E-state index in [1.807, 2.05) is 30.6 Å². The number of pyridine rings is 2. The molecule has 0 atom stereocenters. The second kappa shape index (κ2) is 6.89. The summed E-state index contributed by atoms with van der Waals surface area (Å²) in [6.45, 7) is 3.73. The monoisotopic (exact) mass is 334 g/mol. The van der Waals surface area contributed by atoms with Gasteiger partial charge in [-0.15, -0.1) is 0 Å². The van der Waals surface area contributed by atoms with Gasteiger partial charge in [-0.25, -0.2) is 4.39 Å². The molecule has 25 heavy (non-hydrogen) atoms. The van der Waals surface area contributed by atoms with Gasteiger partial charge in [0.15, 0.2) is 0 Å². The molecule has 1 aliphatic heterocycles. The van der Waals surface area contributed by atoms with Crippen LogP contribution < -0.4 is 9.80 Å². The van der Waals surface area contributed by atoms with Crippen molar-refractivity contribution >= 4 is 11.4 Å². The predicted octanol–water partition coefficient (Wildman–Crippen LogP) is 3.61. The van der Waals surface area contributed by atoms with Gasteiger partial charge in [-0.2, -0.15) is 0 Å². The number of hydrogen-bond acceptors (Lipinski definition) is 4. The van der Waals surface area contributed by atoms with Crippen LogP contribution >= 0.6 is 0 Å². The van der Waals surface area contributed by atoms with Crippen molar-refractivity contribution in [3.63, 3.8) is 0 Å². The van der Waals surface area contributed by atoms with E-state index >= 15 is 0 Å². The highest BCUT2D eigenvalue weighted by Crippen LogP contribution is 2.30. The molecule has 4 rings (SSSR count). The molecule has 0 amide bonds. The minimum Gasteiger partial charge on any atom is -0.368 e. The summed E-state index contributed by atoms with van der Waals surface area (Å²) in [6.07, 6.45) is 5.44. The topological polar surface area (TPSA) is 32.3 Å². The lowest BCUT2D eigenvalue weighted by Gasteiger charge is -2.37. The van der Waals surface area contributed by atoms with Crippen LogP contribution in [0.2, 0.25) is 0 Å². The van der Waals surface area contributed by atoms with Crippen molar-refractivity contribution in [1.82, 2.24) is 9.97 Å². The van der Waals surface area contributed by atoms with E-state index in [-0.39, 0.29) is 5.82 Å². The third kappa shape index (κ3) is 3.31. The van der Waals surface area contributed by atoms with E-state index in [4.69, 9.17) is 0 Å². The normalized spacial score (nSPS) is 14.6. The third-order valence-electron chi connectivity index (χ3n) is 4.55. The predicted molar refractivity (Wildman–Crippen MR) is 98.3 cm³/mol. The van der Waals surface area contributed by atoms with Crippen molar-refractivity contribution in [1.29, 1.82) is 0 Å². The number of halogens is 1. The molecule has 1 fully saturated rings. The summed E-state index contributed by atoms with van der Waals surface area (Å²) in [6, 6.07) is 14.7. The lowest BCUT2D eigenvalue weighted by Crippen LogP contribution is -2.46. The molecule has 2 aromatic heterocycles. The number of piperazine rings is 1. The van der Waals surface area contributed by atoms with Crippen molar-refractivity contribution < 1.29 is 4.39 Å². The van der Waals surface area contributed by atoms with Crippen molar-refractivity contribution in [3.05, 3.63) is 72.9 Å². The van der Waals surface area contributed by atoms with Crippen LogP contribution in [0.3, 0.4) is 0 Å². The molecule has 3 aromatic rings. The van der Waals surface area contributed by atoms with Crippen LogP contribution in [0.4, 0.5) is 15.8 Å². The number of benzene rings is 1. The number of hydrogen-bond donors (Lipinski definition) is 0. The molecule has 0 radical (unpaired) electrons. The van der Waals surface area contributed by atoms with E-state index in [9.17, 15) is 4.39 Å². The van der Waals surface area contributed by atoms with E-state index in [0.29, 0.717) is 0 Å². The zero-order valence-electron chi connectivity index (χ0n) is 13.8. The van der Waals surface area contributed by atoms with Gasteiger partial charge >= 0.3 is 0 Å². The number of nitrogens with zero attached hydrogens (tertiary/aromatic N) is 4. The van der Waals surface area contributed by atoms with Crippen LogP contribution in [-0.2, 0) is 0 Å². The number of rotatable bonds is 3. The minimum atomic E-state index is -0.229. The highest BCUT2D eigenvalue weighted by atomic mass is 19.1. The second-order valence-corrected chi connectivity index (χ2v) is 6.06. The maximum Gasteiger partial charge on any atom is 0.123 e. The fourth-order valence-electron chi connectivity index (χ4n) is 3.24. The molecule has 1 aromatic carbocycles. The van der Waals surface area contributed by atoms with Crippen molar-refractivity contribution in [2.45, 2.75) is 0 Å². The first-order valence-electron chi connectivity index (χ1n) is 8.42. The van der Waals surface area contributed by atoms with Crippen molar-refractivity contribution in [2.75, 3.05) is 36.0 Å². The van der Waals surface area contributed by atoms with Crippen LogP contribution in [0.25, 0.3) is 11.3 Å². The molecule has 126 valence electrons. The second-order valence-electron chi connectivity index (χ2n) is 6.06. The largest absolute Gasteiger partial charge is 0.368 e. The Balaban J connectivity index is 1.55. The summed E-state index contributed by atoms with van der Waals surface area (Å²) >= 11 is 0. The van der Waals surface area contributed by atoms with Crippen LogP contribution in [0.5, 0.6) is 0 Å². The van der Waals surface area contributed by atoms with Crippen LogP contribution in [0.1, 0.15) is 0 Å². The third-order valence-corrected chi connectivity index (χ3v) is 4.55. The van der Waals surface area contributed by atoms with Gasteiger partial charge in [-0.3, -0.25) is 9.97 Å². The maximum absolute atomic E-state index is 13.2. The van der Waals surface area contributed by atoms with E-state index in [0.717, 1.165) is 43.1 Å². The van der Waals surface area contributed by atoms with Gasteiger partial charge in [-0.1, -0.05) is 0 Å². The molecule has 0 bridgehead atoms. The average Bonchev–Trinajstić information content (AvgIpc) is 2.69. The molecule has 0 spiro atoms. The maximum atomic E-state index is 13.2. The lowest BCUT2D eigenvalue weighted by molar-refractivity contribution is 0.628. The Bertz CT molecular complexity index is 828. The highest BCUT2D eigenvalue weighted by molar-refractivity contribution is 5.75. The number of aromatic nitrogens is 2. The molecular weight excluding hydrogens is 315 g/mol. The van der Waals surface area contributed by atoms with Gasteiger partial charge in [0.05, 0.1) is 11.4 Å². The summed E-state index contributed by atoms with van der Waals surface area (Å²) in [5.74, 6) is -0.229. The first-order valence-corrected chi connectivity index (χ1v) is 8.42. The first-order chi connectivity index (χ1) is 12.3. The highest BCUT2D eigenvalue weighted by Gasteiger charge is 2.20. The fraction of sp³-hybridized carbons (Fsp3) is 0.200. The van der Waals surface area contributed by atoms with E-state index in [2.05, 4.69) is 25.8 Å². The molecule has 0 N–H and O–H groups in total.